The summed E-state index contributed by atoms with van der Waals surface area (Å²) in [5, 5.41) is 3.34. The Balaban J connectivity index is 2.00. The number of nitrogens with zero attached hydrogens (tertiary/aromatic N) is 2. The molecule has 0 aromatic carbocycles. The Labute approximate surface area is 83.9 Å². The number of nitrogen functional groups attached to an aromatic ring is 1. The lowest BCUT2D eigenvalue weighted by Crippen LogP contribution is -2.12. The van der Waals surface area contributed by atoms with Gasteiger partial charge in [0.2, 0.25) is 0 Å². The lowest BCUT2D eigenvalue weighted by molar-refractivity contribution is 0.535. The molecule has 2 rings (SSSR count). The third-order valence-electron chi connectivity index (χ3n) is 3.13. The molecule has 0 radical (unpaired) electrons. The fourth-order valence-electron chi connectivity index (χ4n) is 1.65. The Hall–Kier alpha value is -1.32. The third kappa shape index (κ3) is 1.64. The van der Waals surface area contributed by atoms with E-state index in [4.69, 9.17) is 5.73 Å². The van der Waals surface area contributed by atoms with E-state index in [9.17, 15) is 0 Å². The lowest BCUT2D eigenvalue weighted by atomic mass is 10.1. The average Bonchev–Trinajstić information content (AvgIpc) is 2.78. The van der Waals surface area contributed by atoms with Gasteiger partial charge in [-0.05, 0) is 18.3 Å². The van der Waals surface area contributed by atoms with Crippen molar-refractivity contribution in [1.29, 1.82) is 0 Å². The minimum absolute atomic E-state index is 0.437. The Morgan fingerprint density at radius 3 is 3.00 bits per heavy atom. The predicted molar refractivity (Wildman–Crippen MR) is 56.9 cm³/mol. The molecule has 1 aromatic rings. The van der Waals surface area contributed by atoms with Crippen LogP contribution in [0.2, 0.25) is 0 Å². The minimum Gasteiger partial charge on any atom is -0.382 e. The van der Waals surface area contributed by atoms with E-state index in [1.54, 1.807) is 12.4 Å². The highest BCUT2D eigenvalue weighted by Gasteiger charge is 2.48. The van der Waals surface area contributed by atoms with Gasteiger partial charge in [0.25, 0.3) is 0 Å². The van der Waals surface area contributed by atoms with Gasteiger partial charge in [-0.15, -0.1) is 0 Å². The summed E-state index contributed by atoms with van der Waals surface area (Å²) in [6, 6.07) is 0.531. The third-order valence-corrected chi connectivity index (χ3v) is 3.13. The first kappa shape index (κ1) is 9.24. The maximum Gasteiger partial charge on any atom is 0.147 e. The number of nitrogens with two attached hydrogens (primary N) is 1. The molecule has 76 valence electrons. The molecule has 4 nitrogen and oxygen atoms in total. The minimum atomic E-state index is 0.437. The summed E-state index contributed by atoms with van der Waals surface area (Å²) in [5.74, 6) is 1.25. The molecule has 1 aromatic heterocycles. The number of hydrogen-bond donors (Lipinski definition) is 2. The molecule has 0 bridgehead atoms. The van der Waals surface area contributed by atoms with Crippen molar-refractivity contribution in [3.8, 4) is 0 Å². The molecule has 0 aliphatic heterocycles. The Morgan fingerprint density at radius 2 is 2.43 bits per heavy atom. The van der Waals surface area contributed by atoms with Crippen molar-refractivity contribution >= 4 is 11.6 Å². The van der Waals surface area contributed by atoms with Crippen molar-refractivity contribution in [2.45, 2.75) is 32.7 Å². The molecule has 1 heterocycles. The molecule has 4 heteroatoms. The van der Waals surface area contributed by atoms with Crippen molar-refractivity contribution in [1.82, 2.24) is 9.97 Å². The van der Waals surface area contributed by atoms with E-state index in [1.807, 2.05) is 0 Å². The van der Waals surface area contributed by atoms with Gasteiger partial charge < -0.3 is 11.1 Å². The van der Waals surface area contributed by atoms with Crippen LogP contribution in [0.1, 0.15) is 26.7 Å². The monoisotopic (exact) mass is 192 g/mol. The molecule has 1 fully saturated rings. The molecule has 1 saturated carbocycles. The van der Waals surface area contributed by atoms with E-state index < -0.39 is 0 Å². The highest BCUT2D eigenvalue weighted by molar-refractivity contribution is 5.41. The molecule has 1 aliphatic carbocycles. The van der Waals surface area contributed by atoms with Crippen LogP contribution >= 0.6 is 0 Å². The number of hydrogen-bond acceptors (Lipinski definition) is 4. The van der Waals surface area contributed by atoms with E-state index in [-0.39, 0.29) is 0 Å². The number of rotatable bonds is 3. The molecule has 0 saturated heterocycles. The average molecular weight is 192 g/mol. The van der Waals surface area contributed by atoms with Crippen LogP contribution in [0.3, 0.4) is 0 Å². The molecular formula is C10H16N4. The zero-order valence-electron chi connectivity index (χ0n) is 8.62. The second-order valence-electron chi connectivity index (χ2n) is 4.24. The van der Waals surface area contributed by atoms with E-state index in [0.29, 0.717) is 17.3 Å². The molecule has 3 N–H and O–H groups in total. The van der Waals surface area contributed by atoms with Crippen LogP contribution in [0.4, 0.5) is 11.6 Å². The van der Waals surface area contributed by atoms with E-state index in [0.717, 1.165) is 5.82 Å². The first-order valence-corrected chi connectivity index (χ1v) is 4.98. The Bertz CT molecular complexity index is 339. The van der Waals surface area contributed by atoms with Gasteiger partial charge in [-0.2, -0.15) is 0 Å². The van der Waals surface area contributed by atoms with Crippen LogP contribution in [-0.4, -0.2) is 16.0 Å². The maximum absolute atomic E-state index is 5.54. The quantitative estimate of drug-likeness (QED) is 0.764. The molecule has 2 unspecified atom stereocenters. The standard InChI is InChI=1S/C10H16N4/c1-3-10(2)4-7(10)13-9-6-12-5-8(11)14-9/h5-7H,3-4H2,1-2H3,(H3,11,13,14). The van der Waals surface area contributed by atoms with Crippen molar-refractivity contribution in [3.05, 3.63) is 12.4 Å². The fourth-order valence-corrected chi connectivity index (χ4v) is 1.65. The first-order valence-electron chi connectivity index (χ1n) is 4.98. The second-order valence-corrected chi connectivity index (χ2v) is 4.24. The summed E-state index contributed by atoms with van der Waals surface area (Å²) in [6.07, 6.45) is 5.67. The summed E-state index contributed by atoms with van der Waals surface area (Å²) in [7, 11) is 0. The van der Waals surface area contributed by atoms with Crippen molar-refractivity contribution in [3.63, 3.8) is 0 Å². The summed E-state index contributed by atoms with van der Waals surface area (Å²) in [4.78, 5) is 8.15. The van der Waals surface area contributed by atoms with Crippen LogP contribution in [0.15, 0.2) is 12.4 Å². The maximum atomic E-state index is 5.54. The van der Waals surface area contributed by atoms with E-state index in [2.05, 4.69) is 29.1 Å². The highest BCUT2D eigenvalue weighted by Crippen LogP contribution is 2.49. The first-order chi connectivity index (χ1) is 6.64. The van der Waals surface area contributed by atoms with Crippen molar-refractivity contribution < 1.29 is 0 Å². The molecule has 0 amide bonds. The van der Waals surface area contributed by atoms with Gasteiger partial charge in [0.15, 0.2) is 0 Å². The largest absolute Gasteiger partial charge is 0.382 e. The second kappa shape index (κ2) is 3.12. The van der Waals surface area contributed by atoms with Gasteiger partial charge in [-0.1, -0.05) is 13.8 Å². The molecule has 2 atom stereocenters. The van der Waals surface area contributed by atoms with Gasteiger partial charge in [-0.25, -0.2) is 4.98 Å². The molecule has 1 aliphatic rings. The zero-order valence-corrected chi connectivity index (χ0v) is 8.62. The van der Waals surface area contributed by atoms with E-state index in [1.165, 1.54) is 12.8 Å². The van der Waals surface area contributed by atoms with Gasteiger partial charge in [-0.3, -0.25) is 4.98 Å². The van der Waals surface area contributed by atoms with Crippen molar-refractivity contribution in [2.75, 3.05) is 11.1 Å². The van der Waals surface area contributed by atoms with Gasteiger partial charge in [0.05, 0.1) is 12.4 Å². The smallest absolute Gasteiger partial charge is 0.147 e. The summed E-state index contributed by atoms with van der Waals surface area (Å²) in [5.41, 5.74) is 5.98. The van der Waals surface area contributed by atoms with Gasteiger partial charge in [0, 0.05) is 6.04 Å². The van der Waals surface area contributed by atoms with Crippen LogP contribution in [-0.2, 0) is 0 Å². The van der Waals surface area contributed by atoms with Gasteiger partial charge in [0.1, 0.15) is 11.6 Å². The van der Waals surface area contributed by atoms with Crippen molar-refractivity contribution in [2.24, 2.45) is 5.41 Å². The number of nitrogens with one attached hydrogen (secondary N) is 1. The Morgan fingerprint density at radius 1 is 1.64 bits per heavy atom. The summed E-state index contributed by atoms with van der Waals surface area (Å²) < 4.78 is 0. The predicted octanol–water partition coefficient (Wildman–Crippen LogP) is 1.66. The van der Waals surface area contributed by atoms with Crippen LogP contribution in [0.25, 0.3) is 0 Å². The SMILES string of the molecule is CCC1(C)CC1Nc1cncc(N)n1. The highest BCUT2D eigenvalue weighted by atomic mass is 15.1. The van der Waals surface area contributed by atoms with E-state index >= 15 is 0 Å². The molecular weight excluding hydrogens is 176 g/mol. The number of aromatic nitrogens is 2. The topological polar surface area (TPSA) is 63.8 Å². The number of anilines is 2. The van der Waals surface area contributed by atoms with Crippen LogP contribution in [0.5, 0.6) is 0 Å². The molecule has 0 spiro atoms. The van der Waals surface area contributed by atoms with Gasteiger partial charge >= 0.3 is 0 Å². The van der Waals surface area contributed by atoms with Crippen LogP contribution in [0, 0.1) is 5.41 Å². The normalized spacial score (nSPS) is 30.0. The Kier molecular flexibility index (Phi) is 2.06. The summed E-state index contributed by atoms with van der Waals surface area (Å²) in [6.45, 7) is 4.50. The lowest BCUT2D eigenvalue weighted by Gasteiger charge is -2.09. The zero-order chi connectivity index (χ0) is 10.2. The fraction of sp³-hybridized carbons (Fsp3) is 0.600. The summed E-state index contributed by atoms with van der Waals surface area (Å²) >= 11 is 0. The molecule has 14 heavy (non-hydrogen) atoms. The van der Waals surface area contributed by atoms with Crippen LogP contribution < -0.4 is 11.1 Å².